The van der Waals surface area contributed by atoms with E-state index in [9.17, 15) is 43.9 Å². The van der Waals surface area contributed by atoms with E-state index in [4.69, 9.17) is 12.2 Å². The Hall–Kier alpha value is -0.570. The molecule has 0 N–H and O–H groups in total. The van der Waals surface area contributed by atoms with Gasteiger partial charge in [0.1, 0.15) is 10.1 Å². The third kappa shape index (κ3) is 4.82. The lowest BCUT2D eigenvalue weighted by atomic mass is 10.2. The van der Waals surface area contributed by atoms with Crippen LogP contribution >= 0.6 is 37.5 Å². The highest BCUT2D eigenvalue weighted by molar-refractivity contribution is 7.83. The highest BCUT2D eigenvalue weighted by Gasteiger charge is 2.57. The van der Waals surface area contributed by atoms with E-state index in [2.05, 4.69) is 25.3 Å². The van der Waals surface area contributed by atoms with Gasteiger partial charge in [-0.05, 0) is 12.2 Å². The molecule has 0 fully saturated rings. The summed E-state index contributed by atoms with van der Waals surface area (Å²) in [4.78, 5) is 0. The summed E-state index contributed by atoms with van der Waals surface area (Å²) >= 11 is 12.3. The largest absolute Gasteiger partial charge is 0.453 e. The predicted molar refractivity (Wildman–Crippen MR) is 79.0 cm³/mol. The molecule has 1 heterocycles. The minimum Gasteiger partial charge on any atom is -0.311 e. The van der Waals surface area contributed by atoms with Crippen LogP contribution < -0.4 is 0 Å². The van der Waals surface area contributed by atoms with Crippen molar-refractivity contribution in [2.75, 3.05) is 0 Å². The first kappa shape index (κ1) is 23.5. The van der Waals surface area contributed by atoms with Gasteiger partial charge in [-0.25, -0.2) is 0 Å². The first-order valence-electron chi connectivity index (χ1n) is 6.53. The molecule has 0 spiro atoms. The monoisotopic (exact) mass is 456 g/mol. The summed E-state index contributed by atoms with van der Waals surface area (Å²) in [5.74, 6) is -10.1. The normalized spacial score (nSPS) is 14.2. The molecule has 2 nitrogen and oxygen atoms in total. The van der Waals surface area contributed by atoms with Gasteiger partial charge >= 0.3 is 24.2 Å². The topological polar surface area (TPSA) is 9.86 Å². The Balaban J connectivity index is 3.04. The number of rotatable bonds is 6. The molecular weight excluding hydrogens is 446 g/mol. The zero-order valence-electron chi connectivity index (χ0n) is 12.3. The Morgan fingerprint density at radius 3 is 1.15 bits per heavy atom. The highest BCUT2D eigenvalue weighted by atomic mass is 32.1. The zero-order chi connectivity index (χ0) is 20.7. The van der Waals surface area contributed by atoms with Crippen molar-refractivity contribution in [2.24, 2.45) is 0 Å². The van der Waals surface area contributed by atoms with E-state index < -0.39 is 54.9 Å². The fourth-order valence-electron chi connectivity index (χ4n) is 1.76. The van der Waals surface area contributed by atoms with Crippen LogP contribution in [-0.2, 0) is 13.1 Å². The van der Waals surface area contributed by atoms with Crippen LogP contribution in [0.4, 0.5) is 43.9 Å². The molecule has 0 unspecified atom stereocenters. The summed E-state index contributed by atoms with van der Waals surface area (Å²) < 4.78 is 126. The lowest BCUT2D eigenvalue weighted by Gasteiger charge is -2.20. The summed E-state index contributed by atoms with van der Waals surface area (Å²) in [7, 11) is 0. The molecule has 0 aliphatic rings. The van der Waals surface area contributed by atoms with Crippen LogP contribution in [0.15, 0.2) is 10.1 Å². The van der Waals surface area contributed by atoms with Gasteiger partial charge in [-0.15, -0.1) is 25.3 Å². The average molecular weight is 456 g/mol. The molecule has 0 saturated carbocycles. The second-order valence-corrected chi connectivity index (χ2v) is 6.35. The lowest BCUT2D eigenvalue weighted by molar-refractivity contribution is -0.285. The fourth-order valence-corrected chi connectivity index (χ4v) is 2.89. The first-order valence-corrected chi connectivity index (χ1v) is 7.83. The second-order valence-electron chi connectivity index (χ2n) is 5.14. The van der Waals surface area contributed by atoms with E-state index in [-0.39, 0.29) is 10.1 Å². The number of thiol groups is 2. The average Bonchev–Trinajstić information content (AvgIpc) is 2.63. The maximum atomic E-state index is 13.0. The van der Waals surface area contributed by atoms with Crippen LogP contribution in [0.5, 0.6) is 0 Å². The third-order valence-corrected chi connectivity index (χ3v) is 4.83. The SMILES string of the molecule is FC(F)(F)C(F)(F)CCn1c(S)c(S)n(CCC(F)(F)C(F)(F)F)c1=S. The van der Waals surface area contributed by atoms with Gasteiger partial charge in [-0.1, -0.05) is 0 Å². The standard InChI is InChI=1S/C11H10F10N2S3/c12-8(13,10(16,17)18)1-3-22-5(24)6(25)23(7(22)26)4-2-9(14,15)11(19,20)21/h24-25H,1-4H2. The summed E-state index contributed by atoms with van der Waals surface area (Å²) in [5, 5.41) is -0.682. The maximum Gasteiger partial charge on any atom is 0.453 e. The van der Waals surface area contributed by atoms with Crippen LogP contribution in [0.2, 0.25) is 0 Å². The Kier molecular flexibility index (Phi) is 6.72. The maximum absolute atomic E-state index is 13.0. The molecule has 1 rings (SSSR count). The smallest absolute Gasteiger partial charge is 0.311 e. The van der Waals surface area contributed by atoms with Gasteiger partial charge < -0.3 is 9.13 Å². The van der Waals surface area contributed by atoms with Gasteiger partial charge in [0, 0.05) is 25.9 Å². The molecule has 0 atom stereocenters. The number of alkyl halides is 10. The number of imidazole rings is 1. The Morgan fingerprint density at radius 1 is 0.654 bits per heavy atom. The predicted octanol–water partition coefficient (Wildman–Crippen LogP) is 5.77. The summed E-state index contributed by atoms with van der Waals surface area (Å²) in [6.45, 7) is -2.00. The van der Waals surface area contributed by atoms with Crippen LogP contribution in [0.25, 0.3) is 0 Å². The second kappa shape index (κ2) is 7.45. The summed E-state index contributed by atoms with van der Waals surface area (Å²) in [6.07, 6.45) is -15.1. The third-order valence-electron chi connectivity index (χ3n) is 3.30. The van der Waals surface area contributed by atoms with Gasteiger partial charge in [-0.3, -0.25) is 0 Å². The van der Waals surface area contributed by atoms with Crippen LogP contribution in [0.3, 0.4) is 0 Å². The van der Waals surface area contributed by atoms with Gasteiger partial charge in [-0.2, -0.15) is 43.9 Å². The molecule has 152 valence electrons. The van der Waals surface area contributed by atoms with Crippen molar-refractivity contribution in [1.29, 1.82) is 0 Å². The quantitative estimate of drug-likeness (QED) is 0.314. The van der Waals surface area contributed by atoms with Crippen molar-refractivity contribution in [1.82, 2.24) is 9.13 Å². The van der Waals surface area contributed by atoms with Crippen LogP contribution in [0.1, 0.15) is 12.8 Å². The van der Waals surface area contributed by atoms with Crippen LogP contribution in [-0.4, -0.2) is 33.3 Å². The van der Waals surface area contributed by atoms with Crippen molar-refractivity contribution in [3.8, 4) is 0 Å². The molecule has 0 saturated heterocycles. The van der Waals surface area contributed by atoms with E-state index in [0.29, 0.717) is 9.13 Å². The lowest BCUT2D eigenvalue weighted by Crippen LogP contribution is -2.37. The molecule has 1 aromatic heterocycles. The zero-order valence-corrected chi connectivity index (χ0v) is 14.9. The molecular formula is C11H10F10N2S3. The van der Waals surface area contributed by atoms with E-state index in [1.165, 1.54) is 0 Å². The van der Waals surface area contributed by atoms with E-state index in [0.717, 1.165) is 0 Å². The van der Waals surface area contributed by atoms with Crippen molar-refractivity contribution in [2.45, 2.75) is 60.2 Å². The van der Waals surface area contributed by atoms with Crippen molar-refractivity contribution < 1.29 is 43.9 Å². The van der Waals surface area contributed by atoms with E-state index in [1.54, 1.807) is 0 Å². The van der Waals surface area contributed by atoms with Crippen molar-refractivity contribution in [3.05, 3.63) is 4.77 Å². The molecule has 0 aliphatic carbocycles. The minimum atomic E-state index is -5.81. The number of aromatic nitrogens is 2. The molecule has 0 radical (unpaired) electrons. The van der Waals surface area contributed by atoms with Gasteiger partial charge in [0.2, 0.25) is 0 Å². The van der Waals surface area contributed by atoms with E-state index >= 15 is 0 Å². The van der Waals surface area contributed by atoms with Crippen molar-refractivity contribution >= 4 is 37.5 Å². The molecule has 0 aromatic carbocycles. The summed E-state index contributed by atoms with van der Waals surface area (Å²) in [6, 6.07) is 0. The van der Waals surface area contributed by atoms with Gasteiger partial charge in [0.25, 0.3) is 0 Å². The summed E-state index contributed by atoms with van der Waals surface area (Å²) in [5.41, 5.74) is 0. The van der Waals surface area contributed by atoms with Crippen LogP contribution in [0, 0.1) is 4.77 Å². The number of nitrogens with zero attached hydrogens (tertiary/aromatic N) is 2. The minimum absolute atomic E-state index is 0.341. The number of hydrogen-bond acceptors (Lipinski definition) is 3. The molecule has 15 heteroatoms. The molecule has 1 aromatic rings. The molecule has 0 amide bonds. The Labute approximate surface area is 156 Å². The molecule has 0 aliphatic heterocycles. The van der Waals surface area contributed by atoms with Gasteiger partial charge in [0.05, 0.1) is 0 Å². The van der Waals surface area contributed by atoms with Gasteiger partial charge in [0.15, 0.2) is 4.77 Å². The number of hydrogen-bond donors (Lipinski definition) is 2. The molecule has 0 bridgehead atoms. The van der Waals surface area contributed by atoms with E-state index in [1.807, 2.05) is 0 Å². The Morgan fingerprint density at radius 2 is 0.923 bits per heavy atom. The Bertz CT molecular complexity index is 644. The first-order chi connectivity index (χ1) is 11.4. The fraction of sp³-hybridized carbons (Fsp3) is 0.727. The molecule has 26 heavy (non-hydrogen) atoms. The highest BCUT2D eigenvalue weighted by Crippen LogP contribution is 2.40. The number of halogens is 10. The van der Waals surface area contributed by atoms with Crippen molar-refractivity contribution in [3.63, 3.8) is 0 Å².